The summed E-state index contributed by atoms with van der Waals surface area (Å²) in [5, 5.41) is 19.1. The minimum absolute atomic E-state index is 0.0493. The van der Waals surface area contributed by atoms with E-state index in [0.717, 1.165) is 19.5 Å². The number of rotatable bonds is 5. The summed E-state index contributed by atoms with van der Waals surface area (Å²) in [6.45, 7) is 5.20. The summed E-state index contributed by atoms with van der Waals surface area (Å²) in [6.07, 6.45) is 1.16. The molecular formula is C16H24N2O3. The molecule has 0 radical (unpaired) electrons. The highest BCUT2D eigenvalue weighted by molar-refractivity contribution is 5.79. The van der Waals surface area contributed by atoms with E-state index < -0.39 is 0 Å². The second-order valence-corrected chi connectivity index (χ2v) is 5.47. The lowest BCUT2D eigenvalue weighted by Gasteiger charge is -2.38. The number of carbonyl (C=O) groups excluding carboxylic acids is 1. The molecule has 5 nitrogen and oxygen atoms in total. The molecule has 1 aliphatic rings. The van der Waals surface area contributed by atoms with E-state index in [1.54, 1.807) is 18.2 Å². The van der Waals surface area contributed by atoms with E-state index in [2.05, 4.69) is 11.8 Å². The largest absolute Gasteiger partial charge is 0.508 e. The Kier molecular flexibility index (Phi) is 5.59. The smallest absolute Gasteiger partial charge is 0.227 e. The molecule has 0 bridgehead atoms. The monoisotopic (exact) mass is 292 g/mol. The van der Waals surface area contributed by atoms with Crippen molar-refractivity contribution in [3.8, 4) is 5.75 Å². The number of amides is 1. The quantitative estimate of drug-likeness (QED) is 0.844. The first kappa shape index (κ1) is 15.8. The van der Waals surface area contributed by atoms with Crippen molar-refractivity contribution in [2.24, 2.45) is 0 Å². The van der Waals surface area contributed by atoms with Crippen LogP contribution >= 0.6 is 0 Å². The predicted octanol–water partition coefficient (Wildman–Crippen LogP) is 0.850. The van der Waals surface area contributed by atoms with Crippen LogP contribution in [0.25, 0.3) is 0 Å². The van der Waals surface area contributed by atoms with Gasteiger partial charge >= 0.3 is 0 Å². The third-order valence-electron chi connectivity index (χ3n) is 4.20. The molecule has 0 aromatic heterocycles. The van der Waals surface area contributed by atoms with Crippen molar-refractivity contribution in [3.05, 3.63) is 29.8 Å². The Balaban J connectivity index is 1.87. The molecule has 1 saturated heterocycles. The van der Waals surface area contributed by atoms with E-state index in [1.807, 2.05) is 11.0 Å². The molecule has 1 aromatic carbocycles. The average Bonchev–Trinajstić information content (AvgIpc) is 2.51. The Morgan fingerprint density at radius 1 is 1.24 bits per heavy atom. The lowest BCUT2D eigenvalue weighted by Crippen LogP contribution is -2.53. The highest BCUT2D eigenvalue weighted by Gasteiger charge is 2.25. The van der Waals surface area contributed by atoms with Crippen LogP contribution in [0.4, 0.5) is 0 Å². The van der Waals surface area contributed by atoms with Crippen molar-refractivity contribution >= 4 is 5.91 Å². The minimum atomic E-state index is 0.0493. The number of aliphatic hydroxyl groups excluding tert-OH is 1. The number of phenols is 1. The SMILES string of the molecule is CCC(CO)N1CCN(C(=O)Cc2ccccc2O)CC1. The Morgan fingerprint density at radius 2 is 1.90 bits per heavy atom. The summed E-state index contributed by atoms with van der Waals surface area (Å²) < 4.78 is 0. The summed E-state index contributed by atoms with van der Waals surface area (Å²) in [6, 6.07) is 7.16. The number of aliphatic hydroxyl groups is 1. The number of benzene rings is 1. The summed E-state index contributed by atoms with van der Waals surface area (Å²) in [5.41, 5.74) is 0.673. The average molecular weight is 292 g/mol. The Morgan fingerprint density at radius 3 is 2.48 bits per heavy atom. The fourth-order valence-electron chi connectivity index (χ4n) is 2.77. The van der Waals surface area contributed by atoms with E-state index in [4.69, 9.17) is 0 Å². The molecule has 0 aliphatic carbocycles. The van der Waals surface area contributed by atoms with Gasteiger partial charge in [-0.15, -0.1) is 0 Å². The molecule has 2 rings (SSSR count). The maximum Gasteiger partial charge on any atom is 0.227 e. The lowest BCUT2D eigenvalue weighted by molar-refractivity contribution is -0.132. The van der Waals surface area contributed by atoms with Crippen molar-refractivity contribution in [2.75, 3.05) is 32.8 Å². The zero-order valence-corrected chi connectivity index (χ0v) is 12.5. The van der Waals surface area contributed by atoms with E-state index >= 15 is 0 Å². The van der Waals surface area contributed by atoms with E-state index in [-0.39, 0.29) is 30.7 Å². The van der Waals surface area contributed by atoms with Gasteiger partial charge in [-0.25, -0.2) is 0 Å². The van der Waals surface area contributed by atoms with Crippen LogP contribution in [0.15, 0.2) is 24.3 Å². The Bertz CT molecular complexity index is 466. The van der Waals surface area contributed by atoms with Gasteiger partial charge in [0.2, 0.25) is 5.91 Å². The van der Waals surface area contributed by atoms with Crippen molar-refractivity contribution in [1.82, 2.24) is 9.80 Å². The number of hydrogen-bond donors (Lipinski definition) is 2. The van der Waals surface area contributed by atoms with Gasteiger partial charge in [-0.05, 0) is 12.5 Å². The first-order chi connectivity index (χ1) is 10.2. The number of para-hydroxylation sites is 1. The van der Waals surface area contributed by atoms with E-state index in [0.29, 0.717) is 18.7 Å². The van der Waals surface area contributed by atoms with Gasteiger partial charge in [0, 0.05) is 37.8 Å². The predicted molar refractivity (Wildman–Crippen MR) is 81.1 cm³/mol. The zero-order chi connectivity index (χ0) is 15.2. The minimum Gasteiger partial charge on any atom is -0.508 e. The molecule has 1 aromatic rings. The van der Waals surface area contributed by atoms with Crippen LogP contribution in [0.1, 0.15) is 18.9 Å². The number of nitrogens with zero attached hydrogens (tertiary/aromatic N) is 2. The lowest BCUT2D eigenvalue weighted by atomic mass is 10.1. The Labute approximate surface area is 125 Å². The second kappa shape index (κ2) is 7.43. The molecule has 21 heavy (non-hydrogen) atoms. The molecule has 116 valence electrons. The van der Waals surface area contributed by atoms with Gasteiger partial charge in [-0.1, -0.05) is 25.1 Å². The highest BCUT2D eigenvalue weighted by atomic mass is 16.3. The molecule has 5 heteroatoms. The first-order valence-electron chi connectivity index (χ1n) is 7.55. The summed E-state index contributed by atoms with van der Waals surface area (Å²) in [4.78, 5) is 16.4. The topological polar surface area (TPSA) is 64.0 Å². The van der Waals surface area contributed by atoms with Crippen LogP contribution in [-0.4, -0.2) is 64.7 Å². The molecule has 1 amide bonds. The van der Waals surface area contributed by atoms with Crippen molar-refractivity contribution in [2.45, 2.75) is 25.8 Å². The Hall–Kier alpha value is -1.59. The molecule has 2 N–H and O–H groups in total. The fraction of sp³-hybridized carbons (Fsp3) is 0.562. The van der Waals surface area contributed by atoms with E-state index in [1.165, 1.54) is 0 Å². The molecule has 1 unspecified atom stereocenters. The maximum atomic E-state index is 12.3. The van der Waals surface area contributed by atoms with Crippen LogP contribution < -0.4 is 0 Å². The number of phenolic OH excluding ortho intramolecular Hbond substituents is 1. The molecule has 1 heterocycles. The normalized spacial score (nSPS) is 17.7. The molecule has 1 fully saturated rings. The first-order valence-corrected chi connectivity index (χ1v) is 7.55. The maximum absolute atomic E-state index is 12.3. The number of aromatic hydroxyl groups is 1. The summed E-state index contributed by atoms with van der Waals surface area (Å²) in [7, 11) is 0. The molecule has 1 aliphatic heterocycles. The number of hydrogen-bond acceptors (Lipinski definition) is 4. The fourth-order valence-corrected chi connectivity index (χ4v) is 2.77. The van der Waals surface area contributed by atoms with Gasteiger partial charge in [0.15, 0.2) is 0 Å². The van der Waals surface area contributed by atoms with Gasteiger partial charge < -0.3 is 15.1 Å². The summed E-state index contributed by atoms with van der Waals surface area (Å²) in [5.74, 6) is 0.226. The number of piperazine rings is 1. The van der Waals surface area contributed by atoms with Crippen LogP contribution in [0, 0.1) is 0 Å². The third kappa shape index (κ3) is 3.95. The third-order valence-corrected chi connectivity index (χ3v) is 4.20. The van der Waals surface area contributed by atoms with Gasteiger partial charge in [-0.3, -0.25) is 9.69 Å². The van der Waals surface area contributed by atoms with Crippen molar-refractivity contribution < 1.29 is 15.0 Å². The van der Waals surface area contributed by atoms with Crippen LogP contribution in [0.2, 0.25) is 0 Å². The standard InChI is InChI=1S/C16H24N2O3/c1-2-14(12-19)17-7-9-18(10-8-17)16(21)11-13-5-3-4-6-15(13)20/h3-6,14,19-20H,2,7-12H2,1H3. The van der Waals surface area contributed by atoms with Crippen LogP contribution in [0.3, 0.4) is 0 Å². The van der Waals surface area contributed by atoms with Gasteiger partial charge in [0.25, 0.3) is 0 Å². The van der Waals surface area contributed by atoms with Gasteiger partial charge in [0.1, 0.15) is 5.75 Å². The molecule has 0 spiro atoms. The van der Waals surface area contributed by atoms with Crippen molar-refractivity contribution in [1.29, 1.82) is 0 Å². The van der Waals surface area contributed by atoms with Gasteiger partial charge in [-0.2, -0.15) is 0 Å². The number of carbonyl (C=O) groups is 1. The van der Waals surface area contributed by atoms with Gasteiger partial charge in [0.05, 0.1) is 13.0 Å². The van der Waals surface area contributed by atoms with E-state index in [9.17, 15) is 15.0 Å². The molecule has 0 saturated carbocycles. The van der Waals surface area contributed by atoms with Crippen molar-refractivity contribution in [3.63, 3.8) is 0 Å². The second-order valence-electron chi connectivity index (χ2n) is 5.47. The summed E-state index contributed by atoms with van der Waals surface area (Å²) >= 11 is 0. The van der Waals surface area contributed by atoms with Crippen LogP contribution in [-0.2, 0) is 11.2 Å². The zero-order valence-electron chi connectivity index (χ0n) is 12.5. The molecular weight excluding hydrogens is 268 g/mol. The molecule has 1 atom stereocenters. The van der Waals surface area contributed by atoms with Crippen LogP contribution in [0.5, 0.6) is 5.75 Å². The highest BCUT2D eigenvalue weighted by Crippen LogP contribution is 2.17.